The Labute approximate surface area is 214 Å². The molecule has 2 rings (SSSR count). The molecule has 2 aromatic carbocycles. The van der Waals surface area contributed by atoms with Crippen molar-refractivity contribution in [2.45, 2.75) is 72.5 Å². The Bertz CT molecular complexity index is 1130. The third-order valence-electron chi connectivity index (χ3n) is 6.08. The highest BCUT2D eigenvalue weighted by atomic mass is 32.2. The maximum atomic E-state index is 13.4. The van der Waals surface area contributed by atoms with E-state index in [1.807, 2.05) is 33.8 Å². The van der Waals surface area contributed by atoms with E-state index < -0.39 is 16.1 Å². The van der Waals surface area contributed by atoms with Gasteiger partial charge in [-0.3, -0.25) is 13.9 Å². The van der Waals surface area contributed by atoms with Crippen molar-refractivity contribution in [2.24, 2.45) is 0 Å². The van der Waals surface area contributed by atoms with Crippen molar-refractivity contribution in [1.82, 2.24) is 10.2 Å². The van der Waals surface area contributed by atoms with Crippen LogP contribution >= 0.6 is 0 Å². The molecule has 2 aromatic rings. The lowest BCUT2D eigenvalue weighted by molar-refractivity contribution is -0.140. The number of benzene rings is 2. The van der Waals surface area contributed by atoms with E-state index in [4.69, 9.17) is 0 Å². The molecule has 0 unspecified atom stereocenters. The number of hydrogen-bond donors (Lipinski definition) is 1. The van der Waals surface area contributed by atoms with Crippen molar-refractivity contribution in [3.05, 3.63) is 65.0 Å². The topological polar surface area (TPSA) is 86.8 Å². The van der Waals surface area contributed by atoms with Crippen LogP contribution in [0.15, 0.2) is 42.5 Å². The van der Waals surface area contributed by atoms with Gasteiger partial charge in [-0.05, 0) is 81.5 Å². The van der Waals surface area contributed by atoms with E-state index in [2.05, 4.69) is 5.32 Å². The number of nitrogens with zero attached hydrogens (tertiary/aromatic N) is 2. The van der Waals surface area contributed by atoms with Crippen LogP contribution in [0.4, 0.5) is 10.1 Å². The first-order valence-electron chi connectivity index (χ1n) is 12.2. The molecule has 1 N–H and O–H groups in total. The molecule has 0 aromatic heterocycles. The van der Waals surface area contributed by atoms with Gasteiger partial charge in [0.2, 0.25) is 21.8 Å². The molecule has 2 amide bonds. The average Bonchev–Trinajstić information content (AvgIpc) is 2.79. The van der Waals surface area contributed by atoms with Crippen molar-refractivity contribution >= 4 is 27.5 Å². The van der Waals surface area contributed by atoms with Crippen molar-refractivity contribution in [2.75, 3.05) is 17.1 Å². The summed E-state index contributed by atoms with van der Waals surface area (Å²) in [7, 11) is -3.56. The monoisotopic (exact) mass is 519 g/mol. The summed E-state index contributed by atoms with van der Waals surface area (Å²) in [5, 5.41) is 2.91. The molecule has 198 valence electrons. The van der Waals surface area contributed by atoms with Gasteiger partial charge >= 0.3 is 0 Å². The molecule has 0 fully saturated rings. The van der Waals surface area contributed by atoms with Crippen molar-refractivity contribution < 1.29 is 22.4 Å². The zero-order valence-corrected chi connectivity index (χ0v) is 22.9. The van der Waals surface area contributed by atoms with Crippen LogP contribution in [0.5, 0.6) is 0 Å². The van der Waals surface area contributed by atoms with Crippen LogP contribution in [0.25, 0.3) is 0 Å². The average molecular weight is 520 g/mol. The van der Waals surface area contributed by atoms with Crippen LogP contribution in [0.3, 0.4) is 0 Å². The minimum atomic E-state index is -3.56. The molecule has 2 atom stereocenters. The van der Waals surface area contributed by atoms with Crippen LogP contribution in [0.1, 0.15) is 56.7 Å². The Morgan fingerprint density at radius 1 is 1.03 bits per heavy atom. The molecule has 0 radical (unpaired) electrons. The molecule has 0 aliphatic heterocycles. The lowest BCUT2D eigenvalue weighted by Gasteiger charge is -2.30. The van der Waals surface area contributed by atoms with E-state index in [1.165, 1.54) is 21.3 Å². The third-order valence-corrected chi connectivity index (χ3v) is 7.28. The zero-order valence-electron chi connectivity index (χ0n) is 22.0. The second-order valence-electron chi connectivity index (χ2n) is 9.43. The molecule has 0 aliphatic rings. The van der Waals surface area contributed by atoms with E-state index in [-0.39, 0.29) is 49.6 Å². The highest BCUT2D eigenvalue weighted by Crippen LogP contribution is 2.22. The Hall–Kier alpha value is -2.94. The molecule has 0 bridgehead atoms. The maximum absolute atomic E-state index is 13.4. The van der Waals surface area contributed by atoms with Gasteiger partial charge in [0.25, 0.3) is 0 Å². The minimum Gasteiger partial charge on any atom is -0.352 e. The molecule has 0 heterocycles. The van der Waals surface area contributed by atoms with Gasteiger partial charge in [-0.25, -0.2) is 12.8 Å². The van der Waals surface area contributed by atoms with E-state index >= 15 is 0 Å². The van der Waals surface area contributed by atoms with Crippen LogP contribution in [-0.4, -0.2) is 50.0 Å². The summed E-state index contributed by atoms with van der Waals surface area (Å²) in [6, 6.07) is 10.6. The largest absolute Gasteiger partial charge is 0.352 e. The van der Waals surface area contributed by atoms with Gasteiger partial charge in [0.05, 0.1) is 11.9 Å². The SMILES string of the molecule is CC[C@H](C)NC(=O)[C@H](C)N(Cc1ccc(F)cc1)C(=O)CCCN(c1cc(C)cc(C)c1)S(C)(=O)=O. The van der Waals surface area contributed by atoms with Crippen LogP contribution in [-0.2, 0) is 26.2 Å². The Morgan fingerprint density at radius 3 is 2.14 bits per heavy atom. The number of aryl methyl sites for hydroxylation is 2. The Balaban J connectivity index is 2.19. The lowest BCUT2D eigenvalue weighted by Crippen LogP contribution is -2.49. The highest BCUT2D eigenvalue weighted by molar-refractivity contribution is 7.92. The Kier molecular flexibility index (Phi) is 10.5. The summed E-state index contributed by atoms with van der Waals surface area (Å²) in [5.41, 5.74) is 3.15. The summed E-state index contributed by atoms with van der Waals surface area (Å²) in [6.45, 7) is 9.59. The molecule has 7 nitrogen and oxygen atoms in total. The molecule has 36 heavy (non-hydrogen) atoms. The van der Waals surface area contributed by atoms with E-state index in [1.54, 1.807) is 31.2 Å². The Morgan fingerprint density at radius 2 is 1.61 bits per heavy atom. The molecule has 0 saturated carbocycles. The summed E-state index contributed by atoms with van der Waals surface area (Å²) >= 11 is 0. The fraction of sp³-hybridized carbons (Fsp3) is 0.481. The first-order valence-corrected chi connectivity index (χ1v) is 14.1. The van der Waals surface area contributed by atoms with E-state index in [0.717, 1.165) is 23.8 Å². The summed E-state index contributed by atoms with van der Waals surface area (Å²) in [6.07, 6.45) is 2.23. The van der Waals surface area contributed by atoms with Crippen LogP contribution in [0, 0.1) is 19.7 Å². The van der Waals surface area contributed by atoms with Crippen molar-refractivity contribution in [3.63, 3.8) is 0 Å². The second-order valence-corrected chi connectivity index (χ2v) is 11.3. The number of hydrogen-bond acceptors (Lipinski definition) is 4. The first kappa shape index (κ1) is 29.3. The third kappa shape index (κ3) is 8.62. The van der Waals surface area contributed by atoms with Crippen LogP contribution < -0.4 is 9.62 Å². The highest BCUT2D eigenvalue weighted by Gasteiger charge is 2.27. The number of anilines is 1. The number of rotatable bonds is 12. The van der Waals surface area contributed by atoms with Gasteiger partial charge < -0.3 is 10.2 Å². The van der Waals surface area contributed by atoms with E-state index in [0.29, 0.717) is 11.3 Å². The number of carbonyl (C=O) groups is 2. The maximum Gasteiger partial charge on any atom is 0.242 e. The second kappa shape index (κ2) is 12.9. The van der Waals surface area contributed by atoms with Crippen molar-refractivity contribution in [3.8, 4) is 0 Å². The molecular formula is C27H38FN3O4S. The smallest absolute Gasteiger partial charge is 0.242 e. The van der Waals surface area contributed by atoms with Gasteiger partial charge in [-0.1, -0.05) is 25.1 Å². The number of sulfonamides is 1. The number of amides is 2. The van der Waals surface area contributed by atoms with Gasteiger partial charge in [0.15, 0.2) is 0 Å². The normalized spacial score (nSPS) is 13.1. The molecule has 9 heteroatoms. The van der Waals surface area contributed by atoms with Gasteiger partial charge in [-0.2, -0.15) is 0 Å². The fourth-order valence-electron chi connectivity index (χ4n) is 3.93. The van der Waals surface area contributed by atoms with Gasteiger partial charge in [0, 0.05) is 25.6 Å². The van der Waals surface area contributed by atoms with Crippen molar-refractivity contribution in [1.29, 1.82) is 0 Å². The quantitative estimate of drug-likeness (QED) is 0.453. The number of carbonyl (C=O) groups excluding carboxylic acids is 2. The predicted molar refractivity (Wildman–Crippen MR) is 142 cm³/mol. The summed E-state index contributed by atoms with van der Waals surface area (Å²) in [4.78, 5) is 27.6. The standard InChI is InChI=1S/C27H38FN3O4S/c1-7-21(4)29-27(33)22(5)30(18-23-10-12-24(28)13-11-23)26(32)9-8-14-31(36(6,34)35)25-16-19(2)15-20(3)17-25/h10-13,15-17,21-22H,7-9,14,18H2,1-6H3,(H,29,33)/t21-,22-/m0/s1. The van der Waals surface area contributed by atoms with Crippen LogP contribution in [0.2, 0.25) is 0 Å². The molecule has 0 spiro atoms. The zero-order chi connectivity index (χ0) is 27.0. The summed E-state index contributed by atoms with van der Waals surface area (Å²) < 4.78 is 39.7. The molecular weight excluding hydrogens is 481 g/mol. The number of nitrogens with one attached hydrogen (secondary N) is 1. The molecule has 0 aliphatic carbocycles. The summed E-state index contributed by atoms with van der Waals surface area (Å²) in [5.74, 6) is -0.931. The minimum absolute atomic E-state index is 0.0381. The molecule has 0 saturated heterocycles. The fourth-order valence-corrected chi connectivity index (χ4v) is 4.88. The predicted octanol–water partition coefficient (Wildman–Crippen LogP) is 4.32. The van der Waals surface area contributed by atoms with Gasteiger partial charge in [-0.15, -0.1) is 0 Å². The van der Waals surface area contributed by atoms with Gasteiger partial charge in [0.1, 0.15) is 11.9 Å². The number of halogens is 1. The lowest BCUT2D eigenvalue weighted by atomic mass is 10.1. The van der Waals surface area contributed by atoms with E-state index in [9.17, 15) is 22.4 Å². The first-order chi connectivity index (χ1) is 16.8.